The molecule has 140 valence electrons. The number of benzene rings is 1. The van der Waals surface area contributed by atoms with Gasteiger partial charge in [0.2, 0.25) is 5.28 Å². The van der Waals surface area contributed by atoms with E-state index >= 15 is 0 Å². The molecule has 1 aliphatic rings. The molecule has 2 heterocycles. The molecule has 3 rings (SSSR count). The lowest BCUT2D eigenvalue weighted by atomic mass is 10.1. The summed E-state index contributed by atoms with van der Waals surface area (Å²) in [4.78, 5) is 22.6. The topological polar surface area (TPSA) is 67.3 Å². The number of likely N-dealkylation sites (tertiary alicyclic amines) is 1. The number of ether oxygens (including phenoxy) is 1. The van der Waals surface area contributed by atoms with Crippen molar-refractivity contribution in [3.63, 3.8) is 0 Å². The van der Waals surface area contributed by atoms with Crippen LogP contribution in [0.3, 0.4) is 0 Å². The summed E-state index contributed by atoms with van der Waals surface area (Å²) in [6.45, 7) is 6.92. The third kappa shape index (κ3) is 4.76. The van der Waals surface area contributed by atoms with Crippen molar-refractivity contribution in [3.8, 4) is 0 Å². The van der Waals surface area contributed by atoms with Crippen LogP contribution >= 0.6 is 27.5 Å². The molecule has 1 saturated heterocycles. The van der Waals surface area contributed by atoms with Gasteiger partial charge in [-0.3, -0.25) is 0 Å². The van der Waals surface area contributed by atoms with Gasteiger partial charge in [0.1, 0.15) is 11.4 Å². The van der Waals surface area contributed by atoms with Gasteiger partial charge < -0.3 is 15.0 Å². The third-order valence-electron chi connectivity index (χ3n) is 4.12. The van der Waals surface area contributed by atoms with Crippen molar-refractivity contribution in [2.45, 2.75) is 45.3 Å². The number of anilines is 1. The van der Waals surface area contributed by atoms with E-state index in [4.69, 9.17) is 16.3 Å². The summed E-state index contributed by atoms with van der Waals surface area (Å²) in [6.07, 6.45) is 1.38. The smallest absolute Gasteiger partial charge is 0.410 e. The fourth-order valence-electron chi connectivity index (χ4n) is 2.91. The minimum atomic E-state index is -0.476. The van der Waals surface area contributed by atoms with Gasteiger partial charge in [0, 0.05) is 29.0 Å². The first kappa shape index (κ1) is 19.2. The number of halogens is 2. The molecule has 26 heavy (non-hydrogen) atoms. The Morgan fingerprint density at radius 2 is 2.00 bits per heavy atom. The Kier molecular flexibility index (Phi) is 5.58. The molecule has 1 aromatic heterocycles. The van der Waals surface area contributed by atoms with Crippen LogP contribution < -0.4 is 5.32 Å². The van der Waals surface area contributed by atoms with E-state index in [-0.39, 0.29) is 17.4 Å². The SMILES string of the molecule is CC(C)(C)OC(=O)N1CCC(Nc2nc(Cl)nc3ccc(Br)cc23)CC1. The van der Waals surface area contributed by atoms with Crippen LogP contribution in [0.1, 0.15) is 33.6 Å². The van der Waals surface area contributed by atoms with Crippen LogP contribution in [0.25, 0.3) is 10.9 Å². The molecule has 8 heteroatoms. The summed E-state index contributed by atoms with van der Waals surface area (Å²) in [6, 6.07) is 6.02. The number of piperidine rings is 1. The van der Waals surface area contributed by atoms with Crippen LogP contribution in [-0.4, -0.2) is 45.7 Å². The van der Waals surface area contributed by atoms with E-state index in [1.54, 1.807) is 4.90 Å². The normalized spacial score (nSPS) is 16.0. The summed E-state index contributed by atoms with van der Waals surface area (Å²) in [5.74, 6) is 0.719. The molecule has 0 bridgehead atoms. The zero-order valence-corrected chi connectivity index (χ0v) is 17.4. The number of nitrogens with zero attached hydrogens (tertiary/aromatic N) is 3. The Bertz CT molecular complexity index is 817. The lowest BCUT2D eigenvalue weighted by molar-refractivity contribution is 0.0210. The summed E-state index contributed by atoms with van der Waals surface area (Å²) >= 11 is 9.55. The quantitative estimate of drug-likeness (QED) is 0.674. The molecule has 0 radical (unpaired) electrons. The number of amides is 1. The fourth-order valence-corrected chi connectivity index (χ4v) is 3.45. The van der Waals surface area contributed by atoms with Crippen molar-refractivity contribution >= 4 is 50.3 Å². The van der Waals surface area contributed by atoms with E-state index in [0.717, 1.165) is 34.0 Å². The lowest BCUT2D eigenvalue weighted by Crippen LogP contribution is -2.44. The number of fused-ring (bicyclic) bond motifs is 1. The maximum Gasteiger partial charge on any atom is 0.410 e. The van der Waals surface area contributed by atoms with Gasteiger partial charge in [-0.05, 0) is 63.4 Å². The summed E-state index contributed by atoms with van der Waals surface area (Å²) in [7, 11) is 0. The van der Waals surface area contributed by atoms with Crippen LogP contribution in [-0.2, 0) is 4.74 Å². The second-order valence-electron chi connectivity index (χ2n) is 7.39. The van der Waals surface area contributed by atoms with E-state index in [1.807, 2.05) is 39.0 Å². The standard InChI is InChI=1S/C18H22BrClN4O2/c1-18(2,3)26-17(25)24-8-6-12(7-9-24)21-15-13-10-11(19)4-5-14(13)22-16(20)23-15/h4-5,10,12H,6-9H2,1-3H3,(H,21,22,23). The average Bonchev–Trinajstić information content (AvgIpc) is 2.54. The molecule has 1 fully saturated rings. The maximum atomic E-state index is 12.2. The number of aromatic nitrogens is 2. The van der Waals surface area contributed by atoms with Crippen molar-refractivity contribution in [1.82, 2.24) is 14.9 Å². The highest BCUT2D eigenvalue weighted by atomic mass is 79.9. The molecular weight excluding hydrogens is 420 g/mol. The van der Waals surface area contributed by atoms with Crippen LogP contribution in [0, 0.1) is 0 Å². The largest absolute Gasteiger partial charge is 0.444 e. The predicted molar refractivity (Wildman–Crippen MR) is 107 cm³/mol. The number of rotatable bonds is 2. The van der Waals surface area contributed by atoms with Crippen LogP contribution in [0.4, 0.5) is 10.6 Å². The molecule has 6 nitrogen and oxygen atoms in total. The number of carbonyl (C=O) groups is 1. The molecule has 0 aliphatic carbocycles. The monoisotopic (exact) mass is 440 g/mol. The Hall–Kier alpha value is -1.60. The Morgan fingerprint density at radius 1 is 1.31 bits per heavy atom. The van der Waals surface area contributed by atoms with E-state index in [1.165, 1.54) is 0 Å². The number of nitrogens with one attached hydrogen (secondary N) is 1. The highest BCUT2D eigenvalue weighted by Gasteiger charge is 2.27. The molecular formula is C18H22BrClN4O2. The van der Waals surface area contributed by atoms with Crippen molar-refractivity contribution in [1.29, 1.82) is 0 Å². The summed E-state index contributed by atoms with van der Waals surface area (Å²) in [5, 5.41) is 4.60. The Labute approximate surface area is 166 Å². The van der Waals surface area contributed by atoms with Crippen molar-refractivity contribution in [3.05, 3.63) is 28.0 Å². The van der Waals surface area contributed by atoms with Gasteiger partial charge in [-0.15, -0.1) is 0 Å². The third-order valence-corrected chi connectivity index (χ3v) is 4.78. The first-order valence-electron chi connectivity index (χ1n) is 8.58. The molecule has 0 unspecified atom stereocenters. The molecule has 1 aliphatic heterocycles. The molecule has 0 atom stereocenters. The average molecular weight is 442 g/mol. The van der Waals surface area contributed by atoms with Gasteiger partial charge in [-0.25, -0.2) is 14.8 Å². The molecule has 1 aromatic carbocycles. The molecule has 0 saturated carbocycles. The van der Waals surface area contributed by atoms with Gasteiger partial charge in [0.25, 0.3) is 0 Å². The first-order valence-corrected chi connectivity index (χ1v) is 9.75. The fraction of sp³-hybridized carbons (Fsp3) is 0.500. The number of hydrogen-bond acceptors (Lipinski definition) is 5. The van der Waals surface area contributed by atoms with E-state index < -0.39 is 5.60 Å². The maximum absolute atomic E-state index is 12.2. The first-order chi connectivity index (χ1) is 12.2. The van der Waals surface area contributed by atoms with Crippen molar-refractivity contribution in [2.75, 3.05) is 18.4 Å². The van der Waals surface area contributed by atoms with Crippen LogP contribution in [0.15, 0.2) is 22.7 Å². The van der Waals surface area contributed by atoms with Gasteiger partial charge in [-0.1, -0.05) is 15.9 Å². The minimum absolute atomic E-state index is 0.210. The summed E-state index contributed by atoms with van der Waals surface area (Å²) < 4.78 is 6.40. The van der Waals surface area contributed by atoms with Gasteiger partial charge in [-0.2, -0.15) is 0 Å². The second-order valence-corrected chi connectivity index (χ2v) is 8.64. The predicted octanol–water partition coefficient (Wildman–Crippen LogP) is 4.86. The van der Waals surface area contributed by atoms with Crippen molar-refractivity contribution in [2.24, 2.45) is 0 Å². The van der Waals surface area contributed by atoms with Gasteiger partial charge in [0.15, 0.2) is 0 Å². The van der Waals surface area contributed by atoms with Crippen LogP contribution in [0.5, 0.6) is 0 Å². The minimum Gasteiger partial charge on any atom is -0.444 e. The van der Waals surface area contributed by atoms with E-state index in [2.05, 4.69) is 31.2 Å². The molecule has 1 amide bonds. The van der Waals surface area contributed by atoms with Gasteiger partial charge in [0.05, 0.1) is 5.52 Å². The molecule has 0 spiro atoms. The second kappa shape index (κ2) is 7.56. The lowest BCUT2D eigenvalue weighted by Gasteiger charge is -2.34. The summed E-state index contributed by atoms with van der Waals surface area (Å²) in [5.41, 5.74) is 0.317. The van der Waals surface area contributed by atoms with Crippen molar-refractivity contribution < 1.29 is 9.53 Å². The highest BCUT2D eigenvalue weighted by Crippen LogP contribution is 2.27. The Morgan fingerprint density at radius 3 is 2.65 bits per heavy atom. The number of hydrogen-bond donors (Lipinski definition) is 1. The Balaban J connectivity index is 1.68. The van der Waals surface area contributed by atoms with E-state index in [9.17, 15) is 4.79 Å². The highest BCUT2D eigenvalue weighted by molar-refractivity contribution is 9.10. The molecule has 2 aromatic rings. The zero-order chi connectivity index (χ0) is 18.9. The van der Waals surface area contributed by atoms with E-state index in [0.29, 0.717) is 13.1 Å². The molecule has 1 N–H and O–H groups in total. The van der Waals surface area contributed by atoms with Gasteiger partial charge >= 0.3 is 6.09 Å². The van der Waals surface area contributed by atoms with Crippen LogP contribution in [0.2, 0.25) is 5.28 Å². The zero-order valence-electron chi connectivity index (χ0n) is 15.1. The number of carbonyl (C=O) groups excluding carboxylic acids is 1.